The monoisotopic (exact) mass is 312 g/mol. The van der Waals surface area contributed by atoms with E-state index in [-0.39, 0.29) is 6.09 Å². The normalized spacial score (nSPS) is 16.4. The molecule has 1 heterocycles. The van der Waals surface area contributed by atoms with Crippen LogP contribution in [0.1, 0.15) is 65.7 Å². The van der Waals surface area contributed by atoms with Gasteiger partial charge < -0.3 is 15.0 Å². The second kappa shape index (κ2) is 9.70. The van der Waals surface area contributed by atoms with Gasteiger partial charge in [0.1, 0.15) is 5.60 Å². The predicted octanol–water partition coefficient (Wildman–Crippen LogP) is 3.33. The minimum Gasteiger partial charge on any atom is -0.444 e. The van der Waals surface area contributed by atoms with Crippen molar-refractivity contribution in [2.75, 3.05) is 19.6 Å². The van der Waals surface area contributed by atoms with E-state index >= 15 is 0 Å². The van der Waals surface area contributed by atoms with Gasteiger partial charge in [-0.05, 0) is 46.0 Å². The molecule has 0 unspecified atom stereocenters. The van der Waals surface area contributed by atoms with Gasteiger partial charge in [0, 0.05) is 19.6 Å². The first-order valence-electron chi connectivity index (χ1n) is 8.57. The van der Waals surface area contributed by atoms with Crippen molar-refractivity contribution in [3.8, 4) is 0 Å². The Morgan fingerprint density at radius 1 is 1.18 bits per heavy atom. The maximum absolute atomic E-state index is 11.4. The van der Waals surface area contributed by atoms with E-state index in [1.165, 1.54) is 19.3 Å². The van der Waals surface area contributed by atoms with Crippen LogP contribution in [0.5, 0.6) is 0 Å². The maximum Gasteiger partial charge on any atom is 0.407 e. The van der Waals surface area contributed by atoms with E-state index < -0.39 is 5.60 Å². The SMILES string of the molecule is CC(C)(C)OC(=O)NCCCCCCC1CCN(C=O)CC1. The lowest BCUT2D eigenvalue weighted by Crippen LogP contribution is -2.33. The standard InChI is InChI=1S/C17H32N2O3/c1-17(2,3)22-16(21)18-11-7-5-4-6-8-15-9-12-19(14-20)13-10-15/h14-15H,4-13H2,1-3H3,(H,18,21). The molecule has 0 aromatic rings. The minimum absolute atomic E-state index is 0.325. The highest BCUT2D eigenvalue weighted by Crippen LogP contribution is 2.22. The predicted molar refractivity (Wildman–Crippen MR) is 87.7 cm³/mol. The van der Waals surface area contributed by atoms with Crippen molar-refractivity contribution in [3.05, 3.63) is 0 Å². The molecule has 128 valence electrons. The molecule has 1 aliphatic heterocycles. The fourth-order valence-corrected chi connectivity index (χ4v) is 2.76. The molecule has 1 rings (SSSR count). The highest BCUT2D eigenvalue weighted by Gasteiger charge is 2.17. The van der Waals surface area contributed by atoms with Crippen molar-refractivity contribution >= 4 is 12.5 Å². The summed E-state index contributed by atoms with van der Waals surface area (Å²) in [6, 6.07) is 0. The molecule has 0 saturated carbocycles. The topological polar surface area (TPSA) is 58.6 Å². The molecule has 0 spiro atoms. The van der Waals surface area contributed by atoms with Crippen molar-refractivity contribution in [1.29, 1.82) is 0 Å². The number of rotatable bonds is 8. The molecule has 5 heteroatoms. The molecule has 0 aromatic carbocycles. The third-order valence-electron chi connectivity index (χ3n) is 4.01. The van der Waals surface area contributed by atoms with Crippen molar-refractivity contribution in [2.24, 2.45) is 5.92 Å². The Balaban J connectivity index is 1.92. The lowest BCUT2D eigenvalue weighted by atomic mass is 9.91. The molecular formula is C17H32N2O3. The fourth-order valence-electron chi connectivity index (χ4n) is 2.76. The summed E-state index contributed by atoms with van der Waals surface area (Å²) in [6.07, 6.45) is 8.82. The lowest BCUT2D eigenvalue weighted by Gasteiger charge is -2.29. The molecule has 0 aromatic heterocycles. The number of hydrogen-bond acceptors (Lipinski definition) is 3. The summed E-state index contributed by atoms with van der Waals surface area (Å²) in [5.74, 6) is 0.788. The van der Waals surface area contributed by atoms with E-state index in [0.717, 1.165) is 51.1 Å². The summed E-state index contributed by atoms with van der Waals surface area (Å²) in [7, 11) is 0. The number of nitrogens with one attached hydrogen (secondary N) is 1. The Labute approximate surface area is 134 Å². The van der Waals surface area contributed by atoms with Gasteiger partial charge in [0.25, 0.3) is 0 Å². The Morgan fingerprint density at radius 2 is 1.82 bits per heavy atom. The highest BCUT2D eigenvalue weighted by atomic mass is 16.6. The molecule has 2 amide bonds. The number of alkyl carbamates (subject to hydrolysis) is 1. The zero-order chi connectivity index (χ0) is 16.4. The van der Waals surface area contributed by atoms with Gasteiger partial charge in [-0.25, -0.2) is 4.79 Å². The summed E-state index contributed by atoms with van der Waals surface area (Å²) in [6.45, 7) is 8.14. The summed E-state index contributed by atoms with van der Waals surface area (Å²) in [5, 5.41) is 2.79. The first-order chi connectivity index (χ1) is 10.4. The quantitative estimate of drug-likeness (QED) is 0.552. The Kier molecular flexibility index (Phi) is 8.28. The number of ether oxygens (including phenoxy) is 1. The van der Waals surface area contributed by atoms with Crippen LogP contribution in [0, 0.1) is 5.92 Å². The largest absolute Gasteiger partial charge is 0.444 e. The van der Waals surface area contributed by atoms with E-state index in [2.05, 4.69) is 5.32 Å². The van der Waals surface area contributed by atoms with Crippen molar-refractivity contribution in [2.45, 2.75) is 71.3 Å². The van der Waals surface area contributed by atoms with Crippen LogP contribution < -0.4 is 5.32 Å². The number of piperidine rings is 1. The number of carbonyl (C=O) groups excluding carboxylic acids is 2. The third-order valence-corrected chi connectivity index (χ3v) is 4.01. The van der Waals surface area contributed by atoms with Crippen molar-refractivity contribution in [1.82, 2.24) is 10.2 Å². The molecule has 0 aliphatic carbocycles. The zero-order valence-electron chi connectivity index (χ0n) is 14.4. The molecule has 0 bridgehead atoms. The number of nitrogens with zero attached hydrogens (tertiary/aromatic N) is 1. The van der Waals surface area contributed by atoms with Crippen LogP contribution in [0.25, 0.3) is 0 Å². The van der Waals surface area contributed by atoms with Gasteiger partial charge >= 0.3 is 6.09 Å². The number of carbonyl (C=O) groups is 2. The Morgan fingerprint density at radius 3 is 2.41 bits per heavy atom. The van der Waals surface area contributed by atoms with E-state index in [4.69, 9.17) is 4.74 Å². The molecular weight excluding hydrogens is 280 g/mol. The second-order valence-electron chi connectivity index (χ2n) is 7.22. The maximum atomic E-state index is 11.4. The van der Waals surface area contributed by atoms with Crippen LogP contribution in [-0.2, 0) is 9.53 Å². The summed E-state index contributed by atoms with van der Waals surface area (Å²) < 4.78 is 5.18. The molecule has 1 fully saturated rings. The Hall–Kier alpha value is -1.26. The summed E-state index contributed by atoms with van der Waals surface area (Å²) in [5.41, 5.74) is -0.427. The third kappa shape index (κ3) is 8.90. The van der Waals surface area contributed by atoms with Crippen LogP contribution in [0.4, 0.5) is 4.79 Å². The molecule has 1 N–H and O–H groups in total. The molecule has 0 radical (unpaired) electrons. The van der Waals surface area contributed by atoms with Gasteiger partial charge in [-0.1, -0.05) is 25.7 Å². The van der Waals surface area contributed by atoms with Gasteiger partial charge in [0.2, 0.25) is 6.41 Å². The van der Waals surface area contributed by atoms with Crippen LogP contribution in [-0.4, -0.2) is 42.6 Å². The first kappa shape index (κ1) is 18.8. The van der Waals surface area contributed by atoms with Gasteiger partial charge in [-0.2, -0.15) is 0 Å². The van der Waals surface area contributed by atoms with E-state index in [9.17, 15) is 9.59 Å². The van der Waals surface area contributed by atoms with Crippen molar-refractivity contribution < 1.29 is 14.3 Å². The number of amides is 2. The average molecular weight is 312 g/mol. The fraction of sp³-hybridized carbons (Fsp3) is 0.882. The van der Waals surface area contributed by atoms with Gasteiger partial charge in [0.05, 0.1) is 0 Å². The van der Waals surface area contributed by atoms with Gasteiger partial charge in [-0.3, -0.25) is 4.79 Å². The molecule has 5 nitrogen and oxygen atoms in total. The van der Waals surface area contributed by atoms with E-state index in [1.54, 1.807) is 0 Å². The number of hydrogen-bond donors (Lipinski definition) is 1. The second-order valence-corrected chi connectivity index (χ2v) is 7.22. The van der Waals surface area contributed by atoms with Crippen LogP contribution in [0.2, 0.25) is 0 Å². The summed E-state index contributed by atoms with van der Waals surface area (Å²) >= 11 is 0. The molecule has 1 aliphatic rings. The van der Waals surface area contributed by atoms with Crippen molar-refractivity contribution in [3.63, 3.8) is 0 Å². The highest BCUT2D eigenvalue weighted by molar-refractivity contribution is 5.67. The molecule has 1 saturated heterocycles. The zero-order valence-corrected chi connectivity index (χ0v) is 14.4. The smallest absolute Gasteiger partial charge is 0.407 e. The van der Waals surface area contributed by atoms with Crippen LogP contribution in [0.15, 0.2) is 0 Å². The van der Waals surface area contributed by atoms with Crippen LogP contribution in [0.3, 0.4) is 0 Å². The van der Waals surface area contributed by atoms with E-state index in [1.807, 2.05) is 25.7 Å². The minimum atomic E-state index is -0.427. The van der Waals surface area contributed by atoms with E-state index in [0.29, 0.717) is 6.54 Å². The number of unbranched alkanes of at least 4 members (excludes halogenated alkanes) is 3. The lowest BCUT2D eigenvalue weighted by molar-refractivity contribution is -0.119. The van der Waals surface area contributed by atoms with Crippen LogP contribution >= 0.6 is 0 Å². The number of likely N-dealkylation sites (tertiary alicyclic amines) is 1. The Bertz CT molecular complexity index is 331. The van der Waals surface area contributed by atoms with Gasteiger partial charge in [0.15, 0.2) is 0 Å². The first-order valence-corrected chi connectivity index (χ1v) is 8.57. The van der Waals surface area contributed by atoms with Gasteiger partial charge in [-0.15, -0.1) is 0 Å². The summed E-state index contributed by atoms with van der Waals surface area (Å²) in [4.78, 5) is 24.0. The molecule has 22 heavy (non-hydrogen) atoms. The average Bonchev–Trinajstić information content (AvgIpc) is 2.45. The molecule has 0 atom stereocenters.